The fourth-order valence-corrected chi connectivity index (χ4v) is 3.93. The van der Waals surface area contributed by atoms with Gasteiger partial charge in [-0.3, -0.25) is 4.79 Å². The van der Waals surface area contributed by atoms with E-state index in [0.29, 0.717) is 22.4 Å². The van der Waals surface area contributed by atoms with E-state index in [1.165, 1.54) is 6.42 Å². The van der Waals surface area contributed by atoms with Crippen LogP contribution in [0.3, 0.4) is 0 Å². The van der Waals surface area contributed by atoms with Gasteiger partial charge >= 0.3 is 11.9 Å². The van der Waals surface area contributed by atoms with Gasteiger partial charge in [0.2, 0.25) is 0 Å². The monoisotopic (exact) mass is 388 g/mol. The largest absolute Gasteiger partial charge is 0.426 e. The molecule has 0 aliphatic heterocycles. The Kier molecular flexibility index (Phi) is 5.61. The Morgan fingerprint density at radius 1 is 0.793 bits per heavy atom. The standard InChI is InChI=1S/C25H24O4/c1-17-9-5-6-14-20(17)25(27)29-22-16-8-13-18-12-7-15-21(23(18)22)28-24(26)19-10-3-2-4-11-19/h5-9,12-16,19H,2-4,10-11H2,1H3. The van der Waals surface area contributed by atoms with Gasteiger partial charge in [-0.15, -0.1) is 0 Å². The topological polar surface area (TPSA) is 52.6 Å². The number of aryl methyl sites for hydroxylation is 1. The molecule has 4 heteroatoms. The minimum atomic E-state index is -0.427. The molecule has 29 heavy (non-hydrogen) atoms. The molecule has 0 N–H and O–H groups in total. The molecule has 4 nitrogen and oxygen atoms in total. The molecule has 0 atom stereocenters. The predicted molar refractivity (Wildman–Crippen MR) is 112 cm³/mol. The maximum atomic E-state index is 12.7. The second-order valence-electron chi connectivity index (χ2n) is 7.57. The zero-order valence-electron chi connectivity index (χ0n) is 16.5. The third-order valence-electron chi connectivity index (χ3n) is 5.54. The normalized spacial score (nSPS) is 14.5. The summed E-state index contributed by atoms with van der Waals surface area (Å²) in [5.41, 5.74) is 1.36. The molecule has 4 rings (SSSR count). The van der Waals surface area contributed by atoms with Crippen LogP contribution in [-0.2, 0) is 4.79 Å². The molecule has 0 heterocycles. The highest BCUT2D eigenvalue weighted by Crippen LogP contribution is 2.36. The van der Waals surface area contributed by atoms with Crippen LogP contribution in [0.1, 0.15) is 48.0 Å². The number of esters is 2. The van der Waals surface area contributed by atoms with Crippen molar-refractivity contribution in [2.75, 3.05) is 0 Å². The Morgan fingerprint density at radius 2 is 1.45 bits per heavy atom. The average Bonchev–Trinajstić information content (AvgIpc) is 2.75. The van der Waals surface area contributed by atoms with Crippen molar-refractivity contribution in [2.24, 2.45) is 5.92 Å². The number of rotatable bonds is 4. The van der Waals surface area contributed by atoms with Crippen molar-refractivity contribution in [3.05, 3.63) is 71.8 Å². The molecule has 0 radical (unpaired) electrons. The summed E-state index contributed by atoms with van der Waals surface area (Å²) in [6.45, 7) is 1.87. The Balaban J connectivity index is 1.65. The van der Waals surface area contributed by atoms with Gasteiger partial charge in [-0.25, -0.2) is 4.79 Å². The van der Waals surface area contributed by atoms with Crippen molar-refractivity contribution in [1.29, 1.82) is 0 Å². The quantitative estimate of drug-likeness (QED) is 0.415. The van der Waals surface area contributed by atoms with E-state index in [0.717, 1.165) is 36.6 Å². The van der Waals surface area contributed by atoms with E-state index in [1.807, 2.05) is 49.4 Å². The van der Waals surface area contributed by atoms with Gasteiger partial charge in [0.25, 0.3) is 0 Å². The first-order valence-electron chi connectivity index (χ1n) is 10.1. The predicted octanol–water partition coefficient (Wildman–Crippen LogP) is 5.85. The first kappa shape index (κ1) is 19.2. The summed E-state index contributed by atoms with van der Waals surface area (Å²) < 4.78 is 11.5. The smallest absolute Gasteiger partial charge is 0.343 e. The van der Waals surface area contributed by atoms with Gasteiger partial charge in [-0.05, 0) is 48.9 Å². The molecule has 0 unspecified atom stereocenters. The van der Waals surface area contributed by atoms with E-state index in [9.17, 15) is 9.59 Å². The van der Waals surface area contributed by atoms with Crippen molar-refractivity contribution in [1.82, 2.24) is 0 Å². The van der Waals surface area contributed by atoms with Crippen LogP contribution < -0.4 is 9.47 Å². The van der Waals surface area contributed by atoms with Crippen molar-refractivity contribution >= 4 is 22.7 Å². The van der Waals surface area contributed by atoms with Gasteiger partial charge in [0, 0.05) is 0 Å². The zero-order chi connectivity index (χ0) is 20.2. The van der Waals surface area contributed by atoms with Crippen molar-refractivity contribution in [3.63, 3.8) is 0 Å². The van der Waals surface area contributed by atoms with Crippen LogP contribution >= 0.6 is 0 Å². The van der Waals surface area contributed by atoms with Gasteiger partial charge in [0.1, 0.15) is 11.5 Å². The Morgan fingerprint density at radius 3 is 2.14 bits per heavy atom. The second kappa shape index (κ2) is 8.48. The van der Waals surface area contributed by atoms with Gasteiger partial charge in [-0.2, -0.15) is 0 Å². The number of carbonyl (C=O) groups excluding carboxylic acids is 2. The molecular formula is C25H24O4. The van der Waals surface area contributed by atoms with E-state index in [2.05, 4.69) is 0 Å². The molecule has 1 fully saturated rings. The summed E-state index contributed by atoms with van der Waals surface area (Å²) in [7, 11) is 0. The van der Waals surface area contributed by atoms with E-state index in [4.69, 9.17) is 9.47 Å². The fourth-order valence-electron chi connectivity index (χ4n) is 3.93. The Labute approximate surface area is 170 Å². The van der Waals surface area contributed by atoms with Crippen LogP contribution in [0.25, 0.3) is 10.8 Å². The molecule has 0 spiro atoms. The first-order valence-corrected chi connectivity index (χ1v) is 10.1. The lowest BCUT2D eigenvalue weighted by molar-refractivity contribution is -0.139. The number of hydrogen-bond donors (Lipinski definition) is 0. The van der Waals surface area contributed by atoms with Crippen LogP contribution in [-0.4, -0.2) is 11.9 Å². The van der Waals surface area contributed by atoms with Gasteiger partial charge in [-0.1, -0.05) is 61.7 Å². The van der Waals surface area contributed by atoms with Gasteiger partial charge in [0.05, 0.1) is 16.9 Å². The summed E-state index contributed by atoms with van der Waals surface area (Å²) >= 11 is 0. The van der Waals surface area contributed by atoms with Crippen molar-refractivity contribution in [2.45, 2.75) is 39.0 Å². The van der Waals surface area contributed by atoms with Gasteiger partial charge in [0.15, 0.2) is 0 Å². The minimum Gasteiger partial charge on any atom is -0.426 e. The highest BCUT2D eigenvalue weighted by atomic mass is 16.5. The number of fused-ring (bicyclic) bond motifs is 1. The molecule has 0 aromatic heterocycles. The maximum Gasteiger partial charge on any atom is 0.343 e. The summed E-state index contributed by atoms with van der Waals surface area (Å²) in [5.74, 6) is 0.149. The molecule has 3 aromatic carbocycles. The van der Waals surface area contributed by atoms with Crippen LogP contribution in [0.2, 0.25) is 0 Å². The molecule has 1 saturated carbocycles. The van der Waals surface area contributed by atoms with Gasteiger partial charge < -0.3 is 9.47 Å². The fraction of sp³-hybridized carbons (Fsp3) is 0.280. The highest BCUT2D eigenvalue weighted by molar-refractivity contribution is 5.99. The summed E-state index contributed by atoms with van der Waals surface area (Å²) in [6.07, 6.45) is 5.05. The highest BCUT2D eigenvalue weighted by Gasteiger charge is 2.24. The number of benzene rings is 3. The lowest BCUT2D eigenvalue weighted by atomic mass is 9.89. The van der Waals surface area contributed by atoms with Crippen LogP contribution in [0, 0.1) is 12.8 Å². The Hall–Kier alpha value is -3.14. The average molecular weight is 388 g/mol. The molecule has 148 valence electrons. The molecule has 0 amide bonds. The second-order valence-corrected chi connectivity index (χ2v) is 7.57. The number of hydrogen-bond acceptors (Lipinski definition) is 4. The van der Waals surface area contributed by atoms with Crippen molar-refractivity contribution < 1.29 is 19.1 Å². The van der Waals surface area contributed by atoms with E-state index < -0.39 is 5.97 Å². The Bertz CT molecular complexity index is 1040. The molecule has 1 aliphatic carbocycles. The lowest BCUT2D eigenvalue weighted by Gasteiger charge is -2.20. The number of ether oxygens (including phenoxy) is 2. The summed E-state index contributed by atoms with van der Waals surface area (Å²) in [4.78, 5) is 25.4. The van der Waals surface area contributed by atoms with Crippen LogP contribution in [0.4, 0.5) is 0 Å². The van der Waals surface area contributed by atoms with Crippen LogP contribution in [0.15, 0.2) is 60.7 Å². The summed E-state index contributed by atoms with van der Waals surface area (Å²) in [6, 6.07) is 18.3. The minimum absolute atomic E-state index is 0.0549. The molecule has 0 saturated heterocycles. The third kappa shape index (κ3) is 4.16. The maximum absolute atomic E-state index is 12.7. The van der Waals surface area contributed by atoms with E-state index in [1.54, 1.807) is 18.2 Å². The molecule has 1 aliphatic rings. The SMILES string of the molecule is Cc1ccccc1C(=O)Oc1cccc2cccc(OC(=O)C3CCCCC3)c12. The molecular weight excluding hydrogens is 364 g/mol. The first-order chi connectivity index (χ1) is 14.1. The van der Waals surface area contributed by atoms with Crippen LogP contribution in [0.5, 0.6) is 11.5 Å². The molecule has 0 bridgehead atoms. The van der Waals surface area contributed by atoms with Crippen molar-refractivity contribution in [3.8, 4) is 11.5 Å². The lowest BCUT2D eigenvalue weighted by Crippen LogP contribution is -2.22. The zero-order valence-corrected chi connectivity index (χ0v) is 16.5. The van der Waals surface area contributed by atoms with E-state index in [-0.39, 0.29) is 11.9 Å². The number of carbonyl (C=O) groups is 2. The molecule has 3 aromatic rings. The third-order valence-corrected chi connectivity index (χ3v) is 5.54. The summed E-state index contributed by atoms with van der Waals surface area (Å²) in [5, 5.41) is 1.50. The van der Waals surface area contributed by atoms with E-state index >= 15 is 0 Å².